The lowest BCUT2D eigenvalue weighted by Crippen LogP contribution is -2.49. The first kappa shape index (κ1) is 15.6. The van der Waals surface area contributed by atoms with E-state index in [9.17, 15) is 4.79 Å². The average Bonchev–Trinajstić information content (AvgIpc) is 2.44. The number of benzene rings is 1. The van der Waals surface area contributed by atoms with Gasteiger partial charge in [-0.2, -0.15) is 0 Å². The van der Waals surface area contributed by atoms with E-state index in [1.54, 1.807) is 7.11 Å². The number of methoxy groups -OCH3 is 1. The van der Waals surface area contributed by atoms with Gasteiger partial charge in [-0.25, -0.2) is 0 Å². The van der Waals surface area contributed by atoms with Gasteiger partial charge in [0.15, 0.2) is 11.5 Å². The molecule has 116 valence electrons. The normalized spacial score (nSPS) is 16.0. The lowest BCUT2D eigenvalue weighted by molar-refractivity contribution is -0.126. The van der Waals surface area contributed by atoms with Crippen LogP contribution in [0.2, 0.25) is 0 Å². The van der Waals surface area contributed by atoms with Crippen LogP contribution in [-0.4, -0.2) is 32.7 Å². The minimum atomic E-state index is 0.0517. The molecule has 0 aliphatic carbocycles. The maximum absolute atomic E-state index is 12.1. The van der Waals surface area contributed by atoms with E-state index in [0.29, 0.717) is 24.8 Å². The molecule has 1 amide bonds. The van der Waals surface area contributed by atoms with Crippen molar-refractivity contribution in [2.24, 2.45) is 11.8 Å². The third-order valence-corrected chi connectivity index (χ3v) is 3.93. The Morgan fingerprint density at radius 2 is 2.19 bits per heavy atom. The van der Waals surface area contributed by atoms with Crippen LogP contribution in [0.15, 0.2) is 18.2 Å². The number of hydrogen-bond acceptors (Lipinski definition) is 4. The van der Waals surface area contributed by atoms with E-state index in [-0.39, 0.29) is 11.8 Å². The number of hydrogen-bond donors (Lipinski definition) is 2. The summed E-state index contributed by atoms with van der Waals surface area (Å²) in [7, 11) is 1.62. The van der Waals surface area contributed by atoms with Crippen LogP contribution in [0.25, 0.3) is 0 Å². The largest absolute Gasteiger partial charge is 0.493 e. The molecule has 1 unspecified atom stereocenters. The summed E-state index contributed by atoms with van der Waals surface area (Å²) in [6.07, 6.45) is 0. The Labute approximate surface area is 126 Å². The van der Waals surface area contributed by atoms with Crippen molar-refractivity contribution >= 4 is 5.91 Å². The fraction of sp³-hybridized carbons (Fsp3) is 0.562. The summed E-state index contributed by atoms with van der Waals surface area (Å²) in [5.41, 5.74) is 1.00. The molecule has 1 saturated heterocycles. The molecule has 1 aromatic rings. The highest BCUT2D eigenvalue weighted by Gasteiger charge is 2.28. The molecule has 1 aliphatic heterocycles. The van der Waals surface area contributed by atoms with Crippen LogP contribution in [0.4, 0.5) is 0 Å². The fourth-order valence-electron chi connectivity index (χ4n) is 2.33. The third kappa shape index (κ3) is 3.88. The molecule has 0 saturated carbocycles. The first-order chi connectivity index (χ1) is 10.2. The van der Waals surface area contributed by atoms with Crippen molar-refractivity contribution in [3.8, 4) is 11.5 Å². The fourth-order valence-corrected chi connectivity index (χ4v) is 2.33. The summed E-state index contributed by atoms with van der Waals surface area (Å²) in [4.78, 5) is 12.1. The van der Waals surface area contributed by atoms with E-state index in [2.05, 4.69) is 10.6 Å². The highest BCUT2D eigenvalue weighted by Crippen LogP contribution is 2.28. The molecule has 1 aromatic carbocycles. The Morgan fingerprint density at radius 1 is 1.43 bits per heavy atom. The number of amides is 1. The molecule has 2 N–H and O–H groups in total. The molecule has 1 fully saturated rings. The summed E-state index contributed by atoms with van der Waals surface area (Å²) >= 11 is 0. The van der Waals surface area contributed by atoms with Gasteiger partial charge in [-0.1, -0.05) is 13.0 Å². The molecule has 21 heavy (non-hydrogen) atoms. The topological polar surface area (TPSA) is 59.6 Å². The number of carbonyl (C=O) groups is 1. The van der Waals surface area contributed by atoms with Gasteiger partial charge in [0, 0.05) is 12.5 Å². The zero-order chi connectivity index (χ0) is 15.2. The van der Waals surface area contributed by atoms with E-state index in [4.69, 9.17) is 9.47 Å². The molecule has 0 aromatic heterocycles. The molecule has 1 heterocycles. The lowest BCUT2D eigenvalue weighted by Gasteiger charge is -2.31. The zero-order valence-corrected chi connectivity index (χ0v) is 12.9. The van der Waals surface area contributed by atoms with Gasteiger partial charge in [-0.05, 0) is 43.6 Å². The van der Waals surface area contributed by atoms with E-state index in [1.165, 1.54) is 0 Å². The molecular weight excluding hydrogens is 268 g/mol. The number of carbonyl (C=O) groups excluding carboxylic acids is 1. The van der Waals surface area contributed by atoms with E-state index < -0.39 is 0 Å². The number of nitrogens with one attached hydrogen (secondary N) is 2. The molecule has 0 bridgehead atoms. The van der Waals surface area contributed by atoms with Gasteiger partial charge in [0.05, 0.1) is 13.7 Å². The highest BCUT2D eigenvalue weighted by molar-refractivity contribution is 5.78. The van der Waals surface area contributed by atoms with E-state index >= 15 is 0 Å². The van der Waals surface area contributed by atoms with Crippen molar-refractivity contribution in [2.45, 2.75) is 20.4 Å². The summed E-state index contributed by atoms with van der Waals surface area (Å²) in [6, 6.07) is 5.73. The maximum Gasteiger partial charge on any atom is 0.223 e. The second-order valence-electron chi connectivity index (χ2n) is 5.34. The second kappa shape index (κ2) is 7.31. The second-order valence-corrected chi connectivity index (χ2v) is 5.34. The summed E-state index contributed by atoms with van der Waals surface area (Å²) in [5.74, 6) is 2.04. The molecule has 5 heteroatoms. The predicted octanol–water partition coefficient (Wildman–Crippen LogP) is 1.57. The molecule has 5 nitrogen and oxygen atoms in total. The monoisotopic (exact) mass is 292 g/mol. The smallest absolute Gasteiger partial charge is 0.223 e. The van der Waals surface area contributed by atoms with Crippen molar-refractivity contribution in [3.63, 3.8) is 0 Å². The molecular formula is C16H24N2O3. The van der Waals surface area contributed by atoms with Gasteiger partial charge >= 0.3 is 0 Å². The predicted molar refractivity (Wildman–Crippen MR) is 81.5 cm³/mol. The average molecular weight is 292 g/mol. The Balaban J connectivity index is 1.91. The van der Waals surface area contributed by atoms with Crippen molar-refractivity contribution in [1.82, 2.24) is 10.6 Å². The van der Waals surface area contributed by atoms with E-state index in [1.807, 2.05) is 32.0 Å². The molecule has 1 atom stereocenters. The van der Waals surface area contributed by atoms with Crippen LogP contribution in [0.1, 0.15) is 19.4 Å². The van der Waals surface area contributed by atoms with Crippen LogP contribution in [0.3, 0.4) is 0 Å². The van der Waals surface area contributed by atoms with Gasteiger partial charge in [0.25, 0.3) is 0 Å². The van der Waals surface area contributed by atoms with Crippen LogP contribution >= 0.6 is 0 Å². The standard InChI is InChI=1S/C16H24N2O3/c1-4-21-14-6-5-12(7-15(14)20-3)8-18-16(19)11(2)13-9-17-10-13/h5-7,11,13,17H,4,8-10H2,1-3H3,(H,18,19). The van der Waals surface area contributed by atoms with Gasteiger partial charge in [-0.3, -0.25) is 4.79 Å². The third-order valence-electron chi connectivity index (χ3n) is 3.93. The van der Waals surface area contributed by atoms with Crippen molar-refractivity contribution < 1.29 is 14.3 Å². The summed E-state index contributed by atoms with van der Waals surface area (Å²) in [6.45, 7) is 6.90. The van der Waals surface area contributed by atoms with E-state index in [0.717, 1.165) is 24.4 Å². The Hall–Kier alpha value is -1.75. The van der Waals surface area contributed by atoms with Gasteiger partial charge < -0.3 is 20.1 Å². The molecule has 0 spiro atoms. The van der Waals surface area contributed by atoms with Gasteiger partial charge in [0.2, 0.25) is 5.91 Å². The number of rotatable bonds is 7. The Bertz CT molecular complexity index is 486. The van der Waals surface area contributed by atoms with Crippen LogP contribution < -0.4 is 20.1 Å². The SMILES string of the molecule is CCOc1ccc(CNC(=O)C(C)C2CNC2)cc1OC. The minimum absolute atomic E-state index is 0.0517. The maximum atomic E-state index is 12.1. The minimum Gasteiger partial charge on any atom is -0.493 e. The highest BCUT2D eigenvalue weighted by atomic mass is 16.5. The summed E-state index contributed by atoms with van der Waals surface area (Å²) in [5, 5.41) is 6.18. The quantitative estimate of drug-likeness (QED) is 0.801. The Morgan fingerprint density at radius 3 is 2.76 bits per heavy atom. The number of ether oxygens (including phenoxy) is 2. The molecule has 1 aliphatic rings. The van der Waals surface area contributed by atoms with Crippen molar-refractivity contribution in [1.29, 1.82) is 0 Å². The van der Waals surface area contributed by atoms with Gasteiger partial charge in [0.1, 0.15) is 0 Å². The van der Waals surface area contributed by atoms with Crippen molar-refractivity contribution in [2.75, 3.05) is 26.8 Å². The summed E-state index contributed by atoms with van der Waals surface area (Å²) < 4.78 is 10.8. The first-order valence-corrected chi connectivity index (χ1v) is 7.43. The molecule has 0 radical (unpaired) electrons. The van der Waals surface area contributed by atoms with Crippen molar-refractivity contribution in [3.05, 3.63) is 23.8 Å². The van der Waals surface area contributed by atoms with Crippen LogP contribution in [0, 0.1) is 11.8 Å². The van der Waals surface area contributed by atoms with Gasteiger partial charge in [-0.15, -0.1) is 0 Å². The van der Waals surface area contributed by atoms with Crippen LogP contribution in [-0.2, 0) is 11.3 Å². The Kier molecular flexibility index (Phi) is 5.44. The zero-order valence-electron chi connectivity index (χ0n) is 12.9. The molecule has 2 rings (SSSR count). The van der Waals surface area contributed by atoms with Crippen LogP contribution in [0.5, 0.6) is 11.5 Å². The first-order valence-electron chi connectivity index (χ1n) is 7.43. The lowest BCUT2D eigenvalue weighted by atomic mass is 9.88.